The zero-order valence-corrected chi connectivity index (χ0v) is 15.9. The number of hydrogen-bond donors (Lipinski definition) is 1. The molecule has 1 aromatic heterocycles. The van der Waals surface area contributed by atoms with Crippen LogP contribution in [0.3, 0.4) is 0 Å². The monoisotopic (exact) mass is 389 g/mol. The van der Waals surface area contributed by atoms with E-state index < -0.39 is 6.09 Å². The van der Waals surface area contributed by atoms with Gasteiger partial charge in [-0.15, -0.1) is 0 Å². The van der Waals surface area contributed by atoms with E-state index in [9.17, 15) is 9.59 Å². The Morgan fingerprint density at radius 1 is 1.07 bits per heavy atom. The Hall–Kier alpha value is -3.30. The lowest BCUT2D eigenvalue weighted by Crippen LogP contribution is -2.38. The van der Waals surface area contributed by atoms with Gasteiger partial charge in [0, 0.05) is 37.6 Å². The average Bonchev–Trinajstić information content (AvgIpc) is 2.96. The molecule has 0 saturated carbocycles. The molecular weight excluding hydrogens is 366 g/mol. The number of primary amides is 1. The molecule has 0 radical (unpaired) electrons. The number of carbonyl (C=O) groups is 2. The molecule has 0 spiro atoms. The zero-order valence-electron chi connectivity index (χ0n) is 15.9. The number of carbonyl (C=O) groups excluding carboxylic acids is 2. The molecule has 150 valence electrons. The molecule has 0 aliphatic carbocycles. The SMILES string of the molecule is COc1cc2ncnc(N3CCCN(C(=O)COC(N)=O)CC3)c2cc1OC. The Morgan fingerprint density at radius 2 is 1.82 bits per heavy atom. The summed E-state index contributed by atoms with van der Waals surface area (Å²) in [5, 5.41) is 0.844. The summed E-state index contributed by atoms with van der Waals surface area (Å²) < 4.78 is 15.3. The number of amides is 2. The summed E-state index contributed by atoms with van der Waals surface area (Å²) in [7, 11) is 3.16. The third kappa shape index (κ3) is 4.16. The van der Waals surface area contributed by atoms with Gasteiger partial charge in [-0.25, -0.2) is 14.8 Å². The highest BCUT2D eigenvalue weighted by molar-refractivity contribution is 5.92. The molecular formula is C18H23N5O5. The average molecular weight is 389 g/mol. The van der Waals surface area contributed by atoms with Crippen LogP contribution in [0.2, 0.25) is 0 Å². The first-order chi connectivity index (χ1) is 13.5. The van der Waals surface area contributed by atoms with E-state index in [-0.39, 0.29) is 12.5 Å². The summed E-state index contributed by atoms with van der Waals surface area (Å²) in [5.41, 5.74) is 5.67. The minimum atomic E-state index is -0.957. The molecule has 2 aromatic rings. The first kappa shape index (κ1) is 19.5. The Bertz CT molecular complexity index is 875. The van der Waals surface area contributed by atoms with Crippen LogP contribution in [-0.4, -0.2) is 73.9 Å². The van der Waals surface area contributed by atoms with Crippen molar-refractivity contribution in [1.82, 2.24) is 14.9 Å². The molecule has 0 atom stereocenters. The van der Waals surface area contributed by atoms with Crippen molar-refractivity contribution in [3.8, 4) is 11.5 Å². The fraction of sp³-hybridized carbons (Fsp3) is 0.444. The molecule has 10 heteroatoms. The third-order valence-corrected chi connectivity index (χ3v) is 4.61. The van der Waals surface area contributed by atoms with E-state index in [1.807, 2.05) is 12.1 Å². The van der Waals surface area contributed by atoms with Crippen LogP contribution < -0.4 is 20.1 Å². The smallest absolute Gasteiger partial charge is 0.405 e. The second kappa shape index (κ2) is 8.59. The summed E-state index contributed by atoms with van der Waals surface area (Å²) in [5.74, 6) is 1.70. The quantitative estimate of drug-likeness (QED) is 0.797. The van der Waals surface area contributed by atoms with Crippen molar-refractivity contribution in [2.24, 2.45) is 5.73 Å². The van der Waals surface area contributed by atoms with Gasteiger partial charge in [0.1, 0.15) is 12.1 Å². The van der Waals surface area contributed by atoms with Crippen LogP contribution in [0, 0.1) is 0 Å². The van der Waals surface area contributed by atoms with Gasteiger partial charge in [0.15, 0.2) is 18.1 Å². The zero-order chi connectivity index (χ0) is 20.1. The van der Waals surface area contributed by atoms with E-state index in [0.29, 0.717) is 31.1 Å². The minimum absolute atomic E-state index is 0.264. The summed E-state index contributed by atoms with van der Waals surface area (Å²) in [6.07, 6.45) is 1.31. The van der Waals surface area contributed by atoms with Crippen molar-refractivity contribution in [1.29, 1.82) is 0 Å². The van der Waals surface area contributed by atoms with E-state index in [2.05, 4.69) is 19.6 Å². The lowest BCUT2D eigenvalue weighted by molar-refractivity contribution is -0.134. The number of anilines is 1. The number of benzene rings is 1. The fourth-order valence-corrected chi connectivity index (χ4v) is 3.22. The predicted molar refractivity (Wildman–Crippen MR) is 102 cm³/mol. The van der Waals surface area contributed by atoms with Gasteiger partial charge in [-0.1, -0.05) is 0 Å². The van der Waals surface area contributed by atoms with E-state index >= 15 is 0 Å². The second-order valence-electron chi connectivity index (χ2n) is 6.25. The first-order valence-corrected chi connectivity index (χ1v) is 8.85. The highest BCUT2D eigenvalue weighted by Crippen LogP contribution is 2.34. The molecule has 10 nitrogen and oxygen atoms in total. The maximum atomic E-state index is 12.2. The Kier molecular flexibility index (Phi) is 5.97. The number of aromatic nitrogens is 2. The molecule has 2 amide bonds. The van der Waals surface area contributed by atoms with E-state index in [1.54, 1.807) is 19.1 Å². The van der Waals surface area contributed by atoms with Crippen molar-refractivity contribution in [2.45, 2.75) is 6.42 Å². The van der Waals surface area contributed by atoms with Crippen LogP contribution in [0.15, 0.2) is 18.5 Å². The van der Waals surface area contributed by atoms with Crippen molar-refractivity contribution in [2.75, 3.05) is 51.9 Å². The van der Waals surface area contributed by atoms with Crippen LogP contribution in [0.25, 0.3) is 10.9 Å². The number of fused-ring (bicyclic) bond motifs is 1. The van der Waals surface area contributed by atoms with Gasteiger partial charge in [-0.2, -0.15) is 0 Å². The van der Waals surface area contributed by atoms with E-state index in [4.69, 9.17) is 15.2 Å². The van der Waals surface area contributed by atoms with E-state index in [1.165, 1.54) is 6.33 Å². The van der Waals surface area contributed by atoms with Crippen molar-refractivity contribution in [3.63, 3.8) is 0 Å². The highest BCUT2D eigenvalue weighted by Gasteiger charge is 2.22. The molecule has 1 aliphatic heterocycles. The Balaban J connectivity index is 1.81. The molecule has 1 fully saturated rings. The largest absolute Gasteiger partial charge is 0.493 e. The number of nitrogens with zero attached hydrogens (tertiary/aromatic N) is 4. The number of rotatable bonds is 5. The third-order valence-electron chi connectivity index (χ3n) is 4.61. The number of ether oxygens (including phenoxy) is 3. The summed E-state index contributed by atoms with van der Waals surface area (Å²) >= 11 is 0. The van der Waals surface area contributed by atoms with Gasteiger partial charge in [-0.3, -0.25) is 4.79 Å². The van der Waals surface area contributed by atoms with Crippen LogP contribution in [0.4, 0.5) is 10.6 Å². The fourth-order valence-electron chi connectivity index (χ4n) is 3.22. The normalized spacial score (nSPS) is 14.5. The molecule has 28 heavy (non-hydrogen) atoms. The molecule has 2 heterocycles. The Labute approximate surface area is 162 Å². The summed E-state index contributed by atoms with van der Waals surface area (Å²) in [6, 6.07) is 3.67. The molecule has 3 rings (SSSR count). The maximum absolute atomic E-state index is 12.2. The van der Waals surface area contributed by atoms with Crippen molar-refractivity contribution >= 4 is 28.7 Å². The summed E-state index contributed by atoms with van der Waals surface area (Å²) in [6.45, 7) is 2.02. The van der Waals surface area contributed by atoms with Crippen LogP contribution in [0.5, 0.6) is 11.5 Å². The van der Waals surface area contributed by atoms with E-state index in [0.717, 1.165) is 29.7 Å². The van der Waals surface area contributed by atoms with Gasteiger partial charge < -0.3 is 29.7 Å². The predicted octanol–water partition coefficient (Wildman–Crippen LogP) is 0.781. The first-order valence-electron chi connectivity index (χ1n) is 8.85. The highest BCUT2D eigenvalue weighted by atomic mass is 16.5. The minimum Gasteiger partial charge on any atom is -0.493 e. The number of nitrogens with two attached hydrogens (primary N) is 1. The van der Waals surface area contributed by atoms with Gasteiger partial charge in [0.05, 0.1) is 19.7 Å². The molecule has 0 bridgehead atoms. The molecule has 0 unspecified atom stereocenters. The molecule has 1 aromatic carbocycles. The molecule has 2 N–H and O–H groups in total. The van der Waals surface area contributed by atoms with Crippen LogP contribution in [-0.2, 0) is 9.53 Å². The number of hydrogen-bond acceptors (Lipinski definition) is 8. The van der Waals surface area contributed by atoms with Gasteiger partial charge in [0.25, 0.3) is 5.91 Å². The van der Waals surface area contributed by atoms with Crippen LogP contribution in [0.1, 0.15) is 6.42 Å². The standard InChI is InChI=1S/C18H23N5O5/c1-26-14-8-12-13(9-15(14)27-2)20-11-21-17(12)23-5-3-4-22(6-7-23)16(24)10-28-18(19)25/h8-9,11H,3-7,10H2,1-2H3,(H2,19,25). The maximum Gasteiger partial charge on any atom is 0.405 e. The van der Waals surface area contributed by atoms with Gasteiger partial charge in [-0.05, 0) is 12.5 Å². The molecule has 1 aliphatic rings. The summed E-state index contributed by atoms with van der Waals surface area (Å²) in [4.78, 5) is 35.4. The van der Waals surface area contributed by atoms with Crippen molar-refractivity contribution in [3.05, 3.63) is 18.5 Å². The van der Waals surface area contributed by atoms with Crippen molar-refractivity contribution < 1.29 is 23.8 Å². The number of methoxy groups -OCH3 is 2. The second-order valence-corrected chi connectivity index (χ2v) is 6.25. The Morgan fingerprint density at radius 3 is 2.54 bits per heavy atom. The molecule has 1 saturated heterocycles. The van der Waals surface area contributed by atoms with Crippen LogP contribution >= 0.6 is 0 Å². The van der Waals surface area contributed by atoms with Gasteiger partial charge in [0.2, 0.25) is 0 Å². The lowest BCUT2D eigenvalue weighted by Gasteiger charge is -2.24. The topological polar surface area (TPSA) is 120 Å². The lowest BCUT2D eigenvalue weighted by atomic mass is 10.2. The van der Waals surface area contributed by atoms with Gasteiger partial charge >= 0.3 is 6.09 Å².